The fourth-order valence-electron chi connectivity index (χ4n) is 1.06. The molecule has 0 unspecified atom stereocenters. The molecule has 0 saturated heterocycles. The van der Waals surface area contributed by atoms with Crippen molar-refractivity contribution in [2.75, 3.05) is 5.33 Å². The number of hydrogen-bond donors (Lipinski definition) is 0. The summed E-state index contributed by atoms with van der Waals surface area (Å²) >= 11 is 3.32. The summed E-state index contributed by atoms with van der Waals surface area (Å²) in [4.78, 5) is 0. The van der Waals surface area contributed by atoms with Crippen LogP contribution < -0.4 is 0 Å². The Balaban J connectivity index is 2.84. The molecule has 0 spiro atoms. The van der Waals surface area contributed by atoms with E-state index in [9.17, 15) is 8.78 Å². The SMILES string of the molecule is C/C(=C/c1ccc(C(F)F)cc1)CBr. The average molecular weight is 261 g/mol. The molecule has 0 aromatic heterocycles. The van der Waals surface area contributed by atoms with Crippen molar-refractivity contribution in [1.29, 1.82) is 0 Å². The normalized spacial score (nSPS) is 12.2. The number of halogens is 3. The first-order valence-electron chi connectivity index (χ1n) is 4.24. The van der Waals surface area contributed by atoms with Crippen LogP contribution in [0.15, 0.2) is 29.8 Å². The molecule has 0 amide bonds. The highest BCUT2D eigenvalue weighted by molar-refractivity contribution is 9.09. The van der Waals surface area contributed by atoms with E-state index < -0.39 is 6.43 Å². The maximum Gasteiger partial charge on any atom is 0.263 e. The zero-order valence-corrected chi connectivity index (χ0v) is 9.39. The largest absolute Gasteiger partial charge is 0.263 e. The van der Waals surface area contributed by atoms with Gasteiger partial charge in [-0.05, 0) is 12.5 Å². The monoisotopic (exact) mass is 260 g/mol. The summed E-state index contributed by atoms with van der Waals surface area (Å²) in [6, 6.07) is 6.32. The van der Waals surface area contributed by atoms with Gasteiger partial charge in [-0.15, -0.1) is 0 Å². The third-order valence-electron chi connectivity index (χ3n) is 1.81. The van der Waals surface area contributed by atoms with E-state index in [1.807, 2.05) is 13.0 Å². The fraction of sp³-hybridized carbons (Fsp3) is 0.273. The molecule has 1 aromatic rings. The second kappa shape index (κ2) is 5.25. The van der Waals surface area contributed by atoms with Crippen molar-refractivity contribution in [3.63, 3.8) is 0 Å². The predicted octanol–water partition coefficient (Wildman–Crippen LogP) is 4.42. The summed E-state index contributed by atoms with van der Waals surface area (Å²) in [5, 5.41) is 0.795. The lowest BCUT2D eigenvalue weighted by Gasteiger charge is -2.00. The molecule has 0 bridgehead atoms. The van der Waals surface area contributed by atoms with E-state index in [4.69, 9.17) is 0 Å². The number of hydrogen-bond acceptors (Lipinski definition) is 0. The van der Waals surface area contributed by atoms with Gasteiger partial charge < -0.3 is 0 Å². The molecular formula is C11H11BrF2. The van der Waals surface area contributed by atoms with E-state index in [1.54, 1.807) is 12.1 Å². The second-order valence-electron chi connectivity index (χ2n) is 3.09. The summed E-state index contributed by atoms with van der Waals surface area (Å²) in [5.74, 6) is 0. The summed E-state index contributed by atoms with van der Waals surface area (Å²) < 4.78 is 24.4. The standard InChI is InChI=1S/C11H11BrF2/c1-8(7-12)6-9-2-4-10(5-3-9)11(13)14/h2-6,11H,7H2,1H3/b8-6-. The molecule has 0 atom stereocenters. The Bertz CT molecular complexity index is 315. The predicted molar refractivity (Wildman–Crippen MR) is 58.8 cm³/mol. The highest BCUT2D eigenvalue weighted by atomic mass is 79.9. The van der Waals surface area contributed by atoms with Crippen LogP contribution in [0.5, 0.6) is 0 Å². The van der Waals surface area contributed by atoms with Crippen molar-refractivity contribution in [1.82, 2.24) is 0 Å². The van der Waals surface area contributed by atoms with Gasteiger partial charge in [-0.3, -0.25) is 0 Å². The molecule has 0 aliphatic carbocycles. The second-order valence-corrected chi connectivity index (χ2v) is 3.65. The fourth-order valence-corrected chi connectivity index (χ4v) is 1.22. The zero-order valence-electron chi connectivity index (χ0n) is 7.81. The van der Waals surface area contributed by atoms with Gasteiger partial charge in [0.2, 0.25) is 0 Å². The van der Waals surface area contributed by atoms with Gasteiger partial charge in [-0.25, -0.2) is 8.78 Å². The molecule has 0 nitrogen and oxygen atoms in total. The van der Waals surface area contributed by atoms with Crippen LogP contribution in [0.25, 0.3) is 6.08 Å². The first kappa shape index (κ1) is 11.4. The van der Waals surface area contributed by atoms with E-state index in [0.717, 1.165) is 16.5 Å². The molecule has 76 valence electrons. The average Bonchev–Trinajstić information content (AvgIpc) is 2.18. The molecule has 14 heavy (non-hydrogen) atoms. The first-order chi connectivity index (χ1) is 6.63. The molecule has 0 heterocycles. The van der Waals surface area contributed by atoms with Crippen molar-refractivity contribution >= 4 is 22.0 Å². The van der Waals surface area contributed by atoms with Gasteiger partial charge in [-0.1, -0.05) is 51.8 Å². The van der Waals surface area contributed by atoms with Gasteiger partial charge in [0.25, 0.3) is 6.43 Å². The molecule has 3 heteroatoms. The minimum absolute atomic E-state index is 0.0682. The Hall–Kier alpha value is -0.700. The van der Waals surface area contributed by atoms with E-state index in [2.05, 4.69) is 15.9 Å². The van der Waals surface area contributed by atoms with E-state index in [0.29, 0.717) is 0 Å². The molecular weight excluding hydrogens is 250 g/mol. The van der Waals surface area contributed by atoms with Crippen LogP contribution in [0.4, 0.5) is 8.78 Å². The molecule has 0 saturated carbocycles. The van der Waals surface area contributed by atoms with Crippen molar-refractivity contribution in [2.24, 2.45) is 0 Å². The summed E-state index contributed by atoms with van der Waals surface area (Å²) in [6.45, 7) is 1.98. The van der Waals surface area contributed by atoms with Crippen molar-refractivity contribution < 1.29 is 8.78 Å². The van der Waals surface area contributed by atoms with Gasteiger partial charge in [0.15, 0.2) is 0 Å². The van der Waals surface area contributed by atoms with Crippen molar-refractivity contribution in [2.45, 2.75) is 13.3 Å². The number of alkyl halides is 3. The van der Waals surface area contributed by atoms with Crippen LogP contribution in [-0.4, -0.2) is 5.33 Å². The van der Waals surface area contributed by atoms with Crippen LogP contribution >= 0.6 is 15.9 Å². The molecule has 0 N–H and O–H groups in total. The van der Waals surface area contributed by atoms with Crippen LogP contribution in [0, 0.1) is 0 Å². The summed E-state index contributed by atoms with van der Waals surface area (Å²) in [5.41, 5.74) is 2.18. The van der Waals surface area contributed by atoms with E-state index in [1.165, 1.54) is 12.1 Å². The minimum Gasteiger partial charge on any atom is -0.205 e. The van der Waals surface area contributed by atoms with Gasteiger partial charge in [-0.2, -0.15) is 0 Å². The molecule has 1 rings (SSSR count). The minimum atomic E-state index is -2.38. The number of benzene rings is 1. The van der Waals surface area contributed by atoms with Gasteiger partial charge >= 0.3 is 0 Å². The smallest absolute Gasteiger partial charge is 0.205 e. The Labute approximate surface area is 90.8 Å². The van der Waals surface area contributed by atoms with Crippen molar-refractivity contribution in [3.8, 4) is 0 Å². The van der Waals surface area contributed by atoms with Crippen LogP contribution in [-0.2, 0) is 0 Å². The Morgan fingerprint density at radius 2 is 1.93 bits per heavy atom. The molecule has 0 aliphatic rings. The topological polar surface area (TPSA) is 0 Å². The Morgan fingerprint density at radius 1 is 1.36 bits per heavy atom. The maximum atomic E-state index is 12.2. The third-order valence-corrected chi connectivity index (χ3v) is 2.70. The molecule has 0 radical (unpaired) electrons. The lowest BCUT2D eigenvalue weighted by molar-refractivity contribution is 0.151. The quantitative estimate of drug-likeness (QED) is 0.706. The highest BCUT2D eigenvalue weighted by Gasteiger charge is 2.04. The van der Waals surface area contributed by atoms with E-state index >= 15 is 0 Å². The van der Waals surface area contributed by atoms with Crippen LogP contribution in [0.2, 0.25) is 0 Å². The summed E-state index contributed by atoms with van der Waals surface area (Å²) in [7, 11) is 0. The Morgan fingerprint density at radius 3 is 2.36 bits per heavy atom. The lowest BCUT2D eigenvalue weighted by Crippen LogP contribution is -1.84. The number of rotatable bonds is 3. The Kier molecular flexibility index (Phi) is 4.26. The maximum absolute atomic E-state index is 12.2. The third kappa shape index (κ3) is 3.22. The highest BCUT2D eigenvalue weighted by Crippen LogP contribution is 2.19. The summed E-state index contributed by atoms with van der Waals surface area (Å²) in [6.07, 6.45) is -0.422. The lowest BCUT2D eigenvalue weighted by atomic mass is 10.1. The molecule has 1 aromatic carbocycles. The van der Waals surface area contributed by atoms with Crippen LogP contribution in [0.1, 0.15) is 24.5 Å². The first-order valence-corrected chi connectivity index (χ1v) is 5.37. The number of allylic oxidation sites excluding steroid dienone is 1. The van der Waals surface area contributed by atoms with Crippen LogP contribution in [0.3, 0.4) is 0 Å². The van der Waals surface area contributed by atoms with E-state index in [-0.39, 0.29) is 5.56 Å². The van der Waals surface area contributed by atoms with Crippen molar-refractivity contribution in [3.05, 3.63) is 41.0 Å². The van der Waals surface area contributed by atoms with Gasteiger partial charge in [0, 0.05) is 10.9 Å². The molecule has 0 aliphatic heterocycles. The molecule has 0 fully saturated rings. The van der Waals surface area contributed by atoms with Gasteiger partial charge in [0.1, 0.15) is 0 Å². The van der Waals surface area contributed by atoms with Gasteiger partial charge in [0.05, 0.1) is 0 Å². The zero-order chi connectivity index (χ0) is 10.6.